The van der Waals surface area contributed by atoms with Crippen LogP contribution in [0.25, 0.3) is 6.08 Å². The third-order valence-corrected chi connectivity index (χ3v) is 7.69. The number of benzene rings is 2. The molecule has 2 aliphatic heterocycles. The lowest BCUT2D eigenvalue weighted by atomic mass is 10.2. The number of rotatable bonds is 6. The molecule has 178 valence electrons. The van der Waals surface area contributed by atoms with Crippen molar-refractivity contribution in [1.29, 1.82) is 0 Å². The summed E-state index contributed by atoms with van der Waals surface area (Å²) in [4.78, 5) is 41.1. The number of thioether (sulfide) groups is 1. The fraction of sp³-hybridized carbons (Fsp3) is 0.320. The van der Waals surface area contributed by atoms with E-state index in [1.165, 1.54) is 0 Å². The van der Waals surface area contributed by atoms with Gasteiger partial charge >= 0.3 is 0 Å². The molecule has 0 aliphatic carbocycles. The van der Waals surface area contributed by atoms with Crippen molar-refractivity contribution in [3.63, 3.8) is 0 Å². The van der Waals surface area contributed by atoms with Crippen LogP contribution in [0.1, 0.15) is 36.8 Å². The van der Waals surface area contributed by atoms with Crippen LogP contribution in [0.5, 0.6) is 5.75 Å². The maximum atomic E-state index is 12.9. The van der Waals surface area contributed by atoms with Gasteiger partial charge in [-0.1, -0.05) is 42.6 Å². The molecule has 9 heteroatoms. The Bertz CT molecular complexity index is 1110. The number of carbonyl (C=O) groups excluding carboxylic acids is 3. The molecule has 2 aromatic rings. The largest absolute Gasteiger partial charge is 0.488 e. The van der Waals surface area contributed by atoms with Crippen molar-refractivity contribution in [3.8, 4) is 5.75 Å². The maximum Gasteiger partial charge on any atom is 0.294 e. The van der Waals surface area contributed by atoms with Crippen LogP contribution in [-0.4, -0.2) is 46.5 Å². The number of nitrogens with zero attached hydrogens (tertiary/aromatic N) is 2. The zero-order valence-electron chi connectivity index (χ0n) is 18.5. The van der Waals surface area contributed by atoms with Crippen LogP contribution < -0.4 is 4.74 Å². The standard InChI is InChI=1S/C25H24ClIN2O4S/c26-19-8-5-17(6-9-19)16-33-21-10-7-18(13-20(21)27)14-22-24(31)29(25(32)34-22)15-23(30)28-11-3-1-2-4-12-28/h5-10,13-14H,1-4,11-12,15-16H2. The van der Waals surface area contributed by atoms with E-state index in [-0.39, 0.29) is 12.5 Å². The van der Waals surface area contributed by atoms with Gasteiger partial charge in [-0.15, -0.1) is 0 Å². The second-order valence-electron chi connectivity index (χ2n) is 8.17. The molecule has 6 nitrogen and oxygen atoms in total. The molecule has 0 aromatic heterocycles. The molecule has 0 bridgehead atoms. The third-order valence-electron chi connectivity index (χ3n) is 5.69. The van der Waals surface area contributed by atoms with Crippen LogP contribution in [0.3, 0.4) is 0 Å². The fourth-order valence-corrected chi connectivity index (χ4v) is 5.47. The number of halogens is 2. The number of imide groups is 1. The second kappa shape index (κ2) is 11.6. The molecular weight excluding hydrogens is 587 g/mol. The lowest BCUT2D eigenvalue weighted by Crippen LogP contribution is -2.42. The summed E-state index contributed by atoms with van der Waals surface area (Å²) in [5.41, 5.74) is 1.79. The number of hydrogen-bond acceptors (Lipinski definition) is 5. The van der Waals surface area contributed by atoms with Gasteiger partial charge in [0.25, 0.3) is 11.1 Å². The summed E-state index contributed by atoms with van der Waals surface area (Å²) in [6.07, 6.45) is 5.83. The molecule has 2 aromatic carbocycles. The van der Waals surface area contributed by atoms with Crippen LogP contribution >= 0.6 is 46.0 Å². The van der Waals surface area contributed by atoms with E-state index in [4.69, 9.17) is 16.3 Å². The Labute approximate surface area is 221 Å². The topological polar surface area (TPSA) is 66.9 Å². The van der Waals surface area contributed by atoms with E-state index in [1.54, 1.807) is 11.0 Å². The summed E-state index contributed by atoms with van der Waals surface area (Å²) >= 11 is 8.97. The van der Waals surface area contributed by atoms with Gasteiger partial charge in [0.15, 0.2) is 0 Å². The van der Waals surface area contributed by atoms with Gasteiger partial charge < -0.3 is 9.64 Å². The molecular formula is C25H24ClIN2O4S. The van der Waals surface area contributed by atoms with E-state index in [2.05, 4.69) is 22.6 Å². The lowest BCUT2D eigenvalue weighted by Gasteiger charge is -2.22. The fourth-order valence-electron chi connectivity index (χ4n) is 3.81. The first kappa shape index (κ1) is 25.1. The second-order valence-corrected chi connectivity index (χ2v) is 10.8. The quantitative estimate of drug-likeness (QED) is 0.298. The van der Waals surface area contributed by atoms with Crippen molar-refractivity contribution in [2.24, 2.45) is 0 Å². The summed E-state index contributed by atoms with van der Waals surface area (Å²) in [5.74, 6) is 0.141. The number of hydrogen-bond donors (Lipinski definition) is 0. The van der Waals surface area contributed by atoms with Crippen molar-refractivity contribution in [1.82, 2.24) is 9.80 Å². The smallest absolute Gasteiger partial charge is 0.294 e. The molecule has 4 rings (SSSR count). The summed E-state index contributed by atoms with van der Waals surface area (Å²) in [5, 5.41) is 0.274. The monoisotopic (exact) mass is 610 g/mol. The van der Waals surface area contributed by atoms with Gasteiger partial charge in [-0.3, -0.25) is 19.3 Å². The van der Waals surface area contributed by atoms with Gasteiger partial charge in [0.05, 0.1) is 8.48 Å². The minimum Gasteiger partial charge on any atom is -0.488 e. The van der Waals surface area contributed by atoms with Gasteiger partial charge in [-0.25, -0.2) is 0 Å². The highest BCUT2D eigenvalue weighted by Crippen LogP contribution is 2.33. The third kappa shape index (κ3) is 6.34. The summed E-state index contributed by atoms with van der Waals surface area (Å²) < 4.78 is 6.79. The van der Waals surface area contributed by atoms with Crippen LogP contribution in [-0.2, 0) is 16.2 Å². The average Bonchev–Trinajstić information content (AvgIpc) is 3.01. The Kier molecular flexibility index (Phi) is 8.55. The molecule has 0 N–H and O–H groups in total. The first-order valence-corrected chi connectivity index (χ1v) is 13.4. The molecule has 3 amide bonds. The summed E-state index contributed by atoms with van der Waals surface area (Å²) in [7, 11) is 0. The van der Waals surface area contributed by atoms with E-state index in [0.717, 1.165) is 62.8 Å². The molecule has 0 unspecified atom stereocenters. The molecule has 2 fully saturated rings. The highest BCUT2D eigenvalue weighted by Gasteiger charge is 2.37. The molecule has 0 spiro atoms. The lowest BCUT2D eigenvalue weighted by molar-refractivity contribution is -0.135. The molecule has 0 saturated carbocycles. The van der Waals surface area contributed by atoms with Gasteiger partial charge in [0, 0.05) is 18.1 Å². The SMILES string of the molecule is O=C(CN1C(=O)SC(=Cc2ccc(OCc3ccc(Cl)cc3)c(I)c2)C1=O)N1CCCCCC1. The highest BCUT2D eigenvalue weighted by atomic mass is 127. The number of likely N-dealkylation sites (tertiary alicyclic amines) is 1. The zero-order valence-corrected chi connectivity index (χ0v) is 22.2. The van der Waals surface area contributed by atoms with Crippen LogP contribution in [0, 0.1) is 3.57 Å². The minimum atomic E-state index is -0.420. The maximum absolute atomic E-state index is 12.9. The Morgan fingerprint density at radius 2 is 1.76 bits per heavy atom. The molecule has 2 heterocycles. The molecule has 34 heavy (non-hydrogen) atoms. The van der Waals surface area contributed by atoms with Crippen molar-refractivity contribution in [2.45, 2.75) is 32.3 Å². The normalized spacial score (nSPS) is 17.9. The van der Waals surface area contributed by atoms with Gasteiger partial charge in [0.1, 0.15) is 18.9 Å². The van der Waals surface area contributed by atoms with Crippen molar-refractivity contribution >= 4 is 69.1 Å². The molecule has 0 atom stereocenters. The Morgan fingerprint density at radius 3 is 2.44 bits per heavy atom. The van der Waals surface area contributed by atoms with E-state index in [0.29, 0.717) is 29.6 Å². The van der Waals surface area contributed by atoms with Gasteiger partial charge in [0.2, 0.25) is 5.91 Å². The number of carbonyl (C=O) groups is 3. The van der Waals surface area contributed by atoms with E-state index in [1.807, 2.05) is 42.5 Å². The Morgan fingerprint density at radius 1 is 1.06 bits per heavy atom. The van der Waals surface area contributed by atoms with Crippen LogP contribution in [0.4, 0.5) is 4.79 Å². The van der Waals surface area contributed by atoms with Crippen molar-refractivity contribution in [2.75, 3.05) is 19.6 Å². The summed E-state index contributed by atoms with van der Waals surface area (Å²) in [6.45, 7) is 1.60. The van der Waals surface area contributed by atoms with Crippen molar-refractivity contribution in [3.05, 3.63) is 67.1 Å². The summed E-state index contributed by atoms with van der Waals surface area (Å²) in [6, 6.07) is 13.1. The molecule has 2 saturated heterocycles. The first-order chi connectivity index (χ1) is 16.4. The van der Waals surface area contributed by atoms with E-state index in [9.17, 15) is 14.4 Å². The van der Waals surface area contributed by atoms with Crippen LogP contribution in [0.2, 0.25) is 5.02 Å². The molecule has 0 radical (unpaired) electrons. The van der Waals surface area contributed by atoms with E-state index < -0.39 is 11.1 Å². The van der Waals surface area contributed by atoms with Gasteiger partial charge in [-0.05, 0) is 88.7 Å². The average molecular weight is 611 g/mol. The van der Waals surface area contributed by atoms with Crippen molar-refractivity contribution < 1.29 is 19.1 Å². The Balaban J connectivity index is 1.39. The predicted molar refractivity (Wildman–Crippen MR) is 143 cm³/mol. The number of ether oxygens (including phenoxy) is 1. The number of amides is 3. The van der Waals surface area contributed by atoms with Gasteiger partial charge in [-0.2, -0.15) is 0 Å². The minimum absolute atomic E-state index is 0.165. The zero-order chi connectivity index (χ0) is 24.1. The van der Waals surface area contributed by atoms with Crippen LogP contribution in [0.15, 0.2) is 47.4 Å². The Hall–Kier alpha value is -2.04. The van der Waals surface area contributed by atoms with E-state index >= 15 is 0 Å². The predicted octanol–water partition coefficient (Wildman–Crippen LogP) is 5.96. The first-order valence-electron chi connectivity index (χ1n) is 11.1. The molecule has 2 aliphatic rings. The highest BCUT2D eigenvalue weighted by molar-refractivity contribution is 14.1.